The van der Waals surface area contributed by atoms with Crippen LogP contribution in [0.2, 0.25) is 0 Å². The fourth-order valence-corrected chi connectivity index (χ4v) is 2.57. The van der Waals surface area contributed by atoms with Gasteiger partial charge in [0.1, 0.15) is 0 Å². The smallest absolute Gasteiger partial charge is 0.0533 e. The Morgan fingerprint density at radius 3 is 1.86 bits per heavy atom. The molecule has 0 aliphatic heterocycles. The minimum absolute atomic E-state index is 0.187. The second-order valence-electron chi connectivity index (χ2n) is 5.55. The van der Waals surface area contributed by atoms with E-state index < -0.39 is 0 Å². The molecule has 21 heavy (non-hydrogen) atoms. The van der Waals surface area contributed by atoms with Gasteiger partial charge in [0.25, 0.3) is 0 Å². The SMILES string of the molecule is C=N[C@H](CC[C@@H](N)Cc1ccccc1)Cc1ccccc1. The molecular weight excluding hydrogens is 256 g/mol. The maximum Gasteiger partial charge on any atom is 0.0533 e. The Labute approximate surface area is 127 Å². The highest BCUT2D eigenvalue weighted by Gasteiger charge is 2.10. The third-order valence-electron chi connectivity index (χ3n) is 3.78. The summed E-state index contributed by atoms with van der Waals surface area (Å²) in [5, 5.41) is 0. The lowest BCUT2D eigenvalue weighted by atomic mass is 9.97. The van der Waals surface area contributed by atoms with E-state index in [1.165, 1.54) is 11.1 Å². The zero-order valence-electron chi connectivity index (χ0n) is 12.5. The van der Waals surface area contributed by atoms with Crippen molar-refractivity contribution in [2.24, 2.45) is 10.7 Å². The molecule has 0 saturated heterocycles. The van der Waals surface area contributed by atoms with Gasteiger partial charge < -0.3 is 5.73 Å². The number of nitrogens with zero attached hydrogens (tertiary/aromatic N) is 1. The van der Waals surface area contributed by atoms with Gasteiger partial charge in [-0.2, -0.15) is 0 Å². The maximum absolute atomic E-state index is 6.24. The van der Waals surface area contributed by atoms with E-state index in [9.17, 15) is 0 Å². The number of nitrogens with two attached hydrogens (primary N) is 1. The number of benzene rings is 2. The fraction of sp³-hybridized carbons (Fsp3) is 0.316. The quantitative estimate of drug-likeness (QED) is 0.736. The van der Waals surface area contributed by atoms with Gasteiger partial charge in [-0.25, -0.2) is 0 Å². The third kappa shape index (κ3) is 5.52. The Morgan fingerprint density at radius 2 is 1.33 bits per heavy atom. The van der Waals surface area contributed by atoms with E-state index in [1.54, 1.807) is 0 Å². The molecule has 2 heteroatoms. The van der Waals surface area contributed by atoms with Crippen LogP contribution in [0.4, 0.5) is 0 Å². The molecular formula is C19H24N2. The molecule has 2 aromatic carbocycles. The minimum atomic E-state index is 0.187. The van der Waals surface area contributed by atoms with Crippen molar-refractivity contribution in [3.63, 3.8) is 0 Å². The zero-order valence-corrected chi connectivity index (χ0v) is 12.5. The number of hydrogen-bond acceptors (Lipinski definition) is 2. The molecule has 0 saturated carbocycles. The lowest BCUT2D eigenvalue weighted by Gasteiger charge is -2.16. The van der Waals surface area contributed by atoms with E-state index in [0.717, 1.165) is 25.7 Å². The van der Waals surface area contributed by atoms with Crippen molar-refractivity contribution in [2.45, 2.75) is 37.8 Å². The summed E-state index contributed by atoms with van der Waals surface area (Å²) in [6, 6.07) is 21.3. The van der Waals surface area contributed by atoms with Crippen LogP contribution in [-0.4, -0.2) is 18.8 Å². The van der Waals surface area contributed by atoms with E-state index >= 15 is 0 Å². The van der Waals surface area contributed by atoms with Crippen LogP contribution < -0.4 is 5.73 Å². The first-order valence-corrected chi connectivity index (χ1v) is 7.57. The average Bonchev–Trinajstić information content (AvgIpc) is 2.53. The van der Waals surface area contributed by atoms with Crippen LogP contribution >= 0.6 is 0 Å². The van der Waals surface area contributed by atoms with Crippen LogP contribution in [0.5, 0.6) is 0 Å². The van der Waals surface area contributed by atoms with Crippen molar-refractivity contribution < 1.29 is 0 Å². The first-order chi connectivity index (χ1) is 10.3. The van der Waals surface area contributed by atoms with Gasteiger partial charge in [-0.1, -0.05) is 60.7 Å². The molecule has 0 aliphatic rings. The van der Waals surface area contributed by atoms with Gasteiger partial charge >= 0.3 is 0 Å². The van der Waals surface area contributed by atoms with Crippen molar-refractivity contribution in [1.29, 1.82) is 0 Å². The highest BCUT2D eigenvalue weighted by atomic mass is 14.7. The van der Waals surface area contributed by atoms with Gasteiger partial charge in [-0.15, -0.1) is 0 Å². The Bertz CT molecular complexity index is 522. The van der Waals surface area contributed by atoms with Crippen LogP contribution in [0.15, 0.2) is 65.7 Å². The summed E-state index contributed by atoms with van der Waals surface area (Å²) in [5.41, 5.74) is 8.85. The van der Waals surface area contributed by atoms with Gasteiger partial charge in [-0.3, -0.25) is 4.99 Å². The largest absolute Gasteiger partial charge is 0.327 e. The molecule has 2 nitrogen and oxygen atoms in total. The summed E-state index contributed by atoms with van der Waals surface area (Å²) in [5.74, 6) is 0. The summed E-state index contributed by atoms with van der Waals surface area (Å²) in [7, 11) is 0. The van der Waals surface area contributed by atoms with Crippen LogP contribution in [-0.2, 0) is 12.8 Å². The first-order valence-electron chi connectivity index (χ1n) is 7.57. The van der Waals surface area contributed by atoms with Crippen molar-refractivity contribution in [3.8, 4) is 0 Å². The predicted octanol–water partition coefficient (Wildman–Crippen LogP) is 3.65. The van der Waals surface area contributed by atoms with Gasteiger partial charge in [0.2, 0.25) is 0 Å². The van der Waals surface area contributed by atoms with E-state index in [-0.39, 0.29) is 12.1 Å². The van der Waals surface area contributed by atoms with Crippen molar-refractivity contribution >= 4 is 6.72 Å². The average molecular weight is 280 g/mol. The second kappa shape index (κ2) is 8.38. The molecule has 2 rings (SSSR count). The van der Waals surface area contributed by atoms with E-state index in [2.05, 4.69) is 60.2 Å². The summed E-state index contributed by atoms with van der Waals surface area (Å²) >= 11 is 0. The van der Waals surface area contributed by atoms with Gasteiger partial charge in [0, 0.05) is 6.04 Å². The first kappa shape index (κ1) is 15.5. The van der Waals surface area contributed by atoms with Crippen LogP contribution in [0.25, 0.3) is 0 Å². The zero-order chi connectivity index (χ0) is 14.9. The number of rotatable bonds is 8. The van der Waals surface area contributed by atoms with Crippen molar-refractivity contribution in [1.82, 2.24) is 0 Å². The Balaban J connectivity index is 1.78. The van der Waals surface area contributed by atoms with Crippen LogP contribution in [0, 0.1) is 0 Å². The summed E-state index contributed by atoms with van der Waals surface area (Å²) in [4.78, 5) is 4.26. The van der Waals surface area contributed by atoms with Crippen LogP contribution in [0.1, 0.15) is 24.0 Å². The normalized spacial score (nSPS) is 13.6. The molecule has 2 aromatic rings. The maximum atomic E-state index is 6.24. The monoisotopic (exact) mass is 280 g/mol. The van der Waals surface area contributed by atoms with Gasteiger partial charge in [0.05, 0.1) is 6.04 Å². The summed E-state index contributed by atoms with van der Waals surface area (Å²) in [6.45, 7) is 3.73. The topological polar surface area (TPSA) is 38.4 Å². The molecule has 2 N–H and O–H groups in total. The summed E-state index contributed by atoms with van der Waals surface area (Å²) in [6.07, 6.45) is 3.84. The highest BCUT2D eigenvalue weighted by Crippen LogP contribution is 2.13. The lowest BCUT2D eigenvalue weighted by molar-refractivity contribution is 0.517. The van der Waals surface area contributed by atoms with E-state index in [4.69, 9.17) is 5.73 Å². The minimum Gasteiger partial charge on any atom is -0.327 e. The molecule has 0 fully saturated rings. The van der Waals surface area contributed by atoms with Gasteiger partial charge in [0.15, 0.2) is 0 Å². The molecule has 110 valence electrons. The molecule has 0 radical (unpaired) electrons. The Kier molecular flexibility index (Phi) is 6.17. The molecule has 0 unspecified atom stereocenters. The fourth-order valence-electron chi connectivity index (χ4n) is 2.57. The van der Waals surface area contributed by atoms with Gasteiger partial charge in [-0.05, 0) is 43.5 Å². The van der Waals surface area contributed by atoms with E-state index in [0.29, 0.717) is 0 Å². The molecule has 0 bridgehead atoms. The molecule has 0 aliphatic carbocycles. The molecule has 0 spiro atoms. The third-order valence-corrected chi connectivity index (χ3v) is 3.78. The van der Waals surface area contributed by atoms with Crippen molar-refractivity contribution in [2.75, 3.05) is 0 Å². The lowest BCUT2D eigenvalue weighted by Crippen LogP contribution is -2.24. The second-order valence-corrected chi connectivity index (χ2v) is 5.55. The summed E-state index contributed by atoms with van der Waals surface area (Å²) < 4.78 is 0. The molecule has 0 aromatic heterocycles. The number of aliphatic imine (C=N–C) groups is 1. The molecule has 0 amide bonds. The Hall–Kier alpha value is -1.93. The number of hydrogen-bond donors (Lipinski definition) is 1. The predicted molar refractivity (Wildman–Crippen MR) is 90.8 cm³/mol. The van der Waals surface area contributed by atoms with Crippen LogP contribution in [0.3, 0.4) is 0 Å². The molecule has 0 heterocycles. The highest BCUT2D eigenvalue weighted by molar-refractivity contribution is 5.25. The standard InChI is InChI=1S/C19H24N2/c1-21-19(15-17-10-6-3-7-11-17)13-12-18(20)14-16-8-4-2-5-9-16/h2-11,18-19H,1,12-15,20H2/t18-,19-/m1/s1. The molecule has 2 atom stereocenters. The Morgan fingerprint density at radius 1 is 0.810 bits per heavy atom. The van der Waals surface area contributed by atoms with E-state index in [1.807, 2.05) is 12.1 Å². The van der Waals surface area contributed by atoms with Crippen molar-refractivity contribution in [3.05, 3.63) is 71.8 Å².